The fourth-order valence-electron chi connectivity index (χ4n) is 1.65. The Balaban J connectivity index is 2.89. The number of halogens is 3. The summed E-state index contributed by atoms with van der Waals surface area (Å²) >= 11 is 0. The van der Waals surface area contributed by atoms with Crippen molar-refractivity contribution in [1.82, 2.24) is 4.90 Å². The maximum absolute atomic E-state index is 13.7. The zero-order valence-electron chi connectivity index (χ0n) is 8.81. The lowest BCUT2D eigenvalue weighted by molar-refractivity contribution is 0.0690. The van der Waals surface area contributed by atoms with Crippen LogP contribution in [0.4, 0.5) is 13.2 Å². The standard InChI is InChI=1S/C10H6F3NO3/c1-14-9(15)3-4(10(14)16)6(12)8(17-2)7(13)5(3)11/h1-2H3. The van der Waals surface area contributed by atoms with Gasteiger partial charge in [-0.3, -0.25) is 14.5 Å². The minimum absolute atomic E-state index is 0.510. The second-order valence-corrected chi connectivity index (χ2v) is 3.39. The third-order valence-electron chi connectivity index (χ3n) is 2.52. The van der Waals surface area contributed by atoms with Crippen LogP contribution in [0, 0.1) is 17.5 Å². The molecule has 1 aliphatic rings. The number of ether oxygens (including phenoxy) is 1. The third kappa shape index (κ3) is 1.25. The Labute approximate surface area is 93.6 Å². The highest BCUT2D eigenvalue weighted by atomic mass is 19.2. The highest BCUT2D eigenvalue weighted by Gasteiger charge is 2.42. The molecule has 1 aromatic carbocycles. The van der Waals surface area contributed by atoms with Crippen LogP contribution in [0.3, 0.4) is 0 Å². The van der Waals surface area contributed by atoms with E-state index in [1.165, 1.54) is 0 Å². The van der Waals surface area contributed by atoms with Crippen molar-refractivity contribution in [2.45, 2.75) is 0 Å². The Morgan fingerprint density at radius 2 is 1.41 bits per heavy atom. The molecule has 0 bridgehead atoms. The summed E-state index contributed by atoms with van der Waals surface area (Å²) in [5.74, 6) is -7.70. The van der Waals surface area contributed by atoms with E-state index in [9.17, 15) is 22.8 Å². The number of methoxy groups -OCH3 is 1. The molecule has 0 aromatic heterocycles. The first-order valence-corrected chi connectivity index (χ1v) is 4.48. The van der Waals surface area contributed by atoms with E-state index in [4.69, 9.17) is 0 Å². The van der Waals surface area contributed by atoms with E-state index in [2.05, 4.69) is 4.74 Å². The molecule has 7 heteroatoms. The smallest absolute Gasteiger partial charge is 0.264 e. The third-order valence-corrected chi connectivity index (χ3v) is 2.52. The van der Waals surface area contributed by atoms with Crippen LogP contribution >= 0.6 is 0 Å². The van der Waals surface area contributed by atoms with Crippen LogP contribution in [0.25, 0.3) is 0 Å². The maximum atomic E-state index is 13.7. The SMILES string of the molecule is COc1c(F)c(F)c2c(c1F)C(=O)N(C)C2=O. The van der Waals surface area contributed by atoms with Crippen molar-refractivity contribution in [3.05, 3.63) is 28.6 Å². The predicted octanol–water partition coefficient (Wildman–Crippen LogP) is 1.34. The van der Waals surface area contributed by atoms with Crippen LogP contribution in [0.1, 0.15) is 20.7 Å². The van der Waals surface area contributed by atoms with E-state index in [1.54, 1.807) is 0 Å². The Kier molecular flexibility index (Phi) is 2.34. The molecule has 0 saturated heterocycles. The molecule has 0 N–H and O–H groups in total. The van der Waals surface area contributed by atoms with Gasteiger partial charge in [0.1, 0.15) is 0 Å². The molecule has 1 aliphatic heterocycles. The number of carbonyl (C=O) groups is 2. The molecule has 0 fully saturated rings. The van der Waals surface area contributed by atoms with E-state index in [0.29, 0.717) is 4.90 Å². The van der Waals surface area contributed by atoms with Gasteiger partial charge in [0, 0.05) is 7.05 Å². The number of nitrogens with zero attached hydrogens (tertiary/aromatic N) is 1. The number of imide groups is 1. The fourth-order valence-corrected chi connectivity index (χ4v) is 1.65. The molecule has 17 heavy (non-hydrogen) atoms. The molecule has 4 nitrogen and oxygen atoms in total. The van der Waals surface area contributed by atoms with Gasteiger partial charge in [0.15, 0.2) is 17.4 Å². The highest BCUT2D eigenvalue weighted by molar-refractivity contribution is 6.21. The lowest BCUT2D eigenvalue weighted by Gasteiger charge is -2.07. The van der Waals surface area contributed by atoms with Gasteiger partial charge in [-0.15, -0.1) is 0 Å². The Morgan fingerprint density at radius 1 is 0.941 bits per heavy atom. The van der Waals surface area contributed by atoms with Gasteiger partial charge in [-0.1, -0.05) is 0 Å². The van der Waals surface area contributed by atoms with Crippen molar-refractivity contribution >= 4 is 11.8 Å². The summed E-state index contributed by atoms with van der Waals surface area (Å²) in [6, 6.07) is 0. The van der Waals surface area contributed by atoms with Gasteiger partial charge in [-0.25, -0.2) is 8.78 Å². The summed E-state index contributed by atoms with van der Waals surface area (Å²) in [5.41, 5.74) is -1.69. The summed E-state index contributed by atoms with van der Waals surface area (Å²) in [7, 11) is 1.98. The van der Waals surface area contributed by atoms with Crippen LogP contribution in [-0.2, 0) is 0 Å². The summed E-state index contributed by atoms with van der Waals surface area (Å²) in [6.45, 7) is 0. The van der Waals surface area contributed by atoms with Gasteiger partial charge in [0.25, 0.3) is 11.8 Å². The van der Waals surface area contributed by atoms with E-state index in [0.717, 1.165) is 14.2 Å². The molecule has 0 radical (unpaired) electrons. The van der Waals surface area contributed by atoms with Crippen LogP contribution in [0.5, 0.6) is 5.75 Å². The number of rotatable bonds is 1. The quantitative estimate of drug-likeness (QED) is 0.554. The fraction of sp³-hybridized carbons (Fsp3) is 0.200. The average molecular weight is 245 g/mol. The number of hydrogen-bond acceptors (Lipinski definition) is 3. The molecule has 2 rings (SSSR count). The van der Waals surface area contributed by atoms with Crippen molar-refractivity contribution < 1.29 is 27.5 Å². The Morgan fingerprint density at radius 3 is 1.88 bits per heavy atom. The zero-order valence-corrected chi connectivity index (χ0v) is 8.81. The van der Waals surface area contributed by atoms with E-state index >= 15 is 0 Å². The van der Waals surface area contributed by atoms with Crippen LogP contribution < -0.4 is 4.74 Å². The first kappa shape index (κ1) is 11.4. The second-order valence-electron chi connectivity index (χ2n) is 3.39. The van der Waals surface area contributed by atoms with Crippen molar-refractivity contribution in [3.8, 4) is 5.75 Å². The topological polar surface area (TPSA) is 46.6 Å². The second kappa shape index (κ2) is 3.47. The first-order chi connectivity index (χ1) is 7.91. The summed E-state index contributed by atoms with van der Waals surface area (Å²) in [6.07, 6.45) is 0. The monoisotopic (exact) mass is 245 g/mol. The van der Waals surface area contributed by atoms with Gasteiger partial charge >= 0.3 is 0 Å². The van der Waals surface area contributed by atoms with Gasteiger partial charge in [0.05, 0.1) is 18.2 Å². The van der Waals surface area contributed by atoms with Gasteiger partial charge in [-0.05, 0) is 0 Å². The molecule has 90 valence electrons. The highest BCUT2D eigenvalue weighted by Crippen LogP contribution is 2.35. The van der Waals surface area contributed by atoms with Crippen molar-refractivity contribution in [2.24, 2.45) is 0 Å². The van der Waals surface area contributed by atoms with Gasteiger partial charge in [-0.2, -0.15) is 4.39 Å². The zero-order chi connectivity index (χ0) is 12.9. The van der Waals surface area contributed by atoms with Crippen molar-refractivity contribution in [3.63, 3.8) is 0 Å². The first-order valence-electron chi connectivity index (χ1n) is 4.48. The molecule has 0 saturated carbocycles. The lowest BCUT2D eigenvalue weighted by atomic mass is 10.1. The molecular weight excluding hydrogens is 239 g/mol. The van der Waals surface area contributed by atoms with E-state index in [1.807, 2.05) is 0 Å². The van der Waals surface area contributed by atoms with E-state index < -0.39 is 46.1 Å². The van der Waals surface area contributed by atoms with Crippen LogP contribution in [-0.4, -0.2) is 30.9 Å². The van der Waals surface area contributed by atoms with Crippen molar-refractivity contribution in [1.29, 1.82) is 0 Å². The molecular formula is C10H6F3NO3. The molecule has 1 heterocycles. The largest absolute Gasteiger partial charge is 0.491 e. The Hall–Kier alpha value is -2.05. The normalized spacial score (nSPS) is 14.3. The molecule has 1 aromatic rings. The van der Waals surface area contributed by atoms with Crippen molar-refractivity contribution in [2.75, 3.05) is 14.2 Å². The minimum Gasteiger partial charge on any atom is -0.491 e. The van der Waals surface area contributed by atoms with Gasteiger partial charge in [0.2, 0.25) is 5.82 Å². The summed E-state index contributed by atoms with van der Waals surface area (Å²) in [4.78, 5) is 23.4. The summed E-state index contributed by atoms with van der Waals surface area (Å²) in [5, 5.41) is 0. The number of carbonyl (C=O) groups excluding carboxylic acids is 2. The number of amides is 2. The average Bonchev–Trinajstić information content (AvgIpc) is 2.52. The van der Waals surface area contributed by atoms with Gasteiger partial charge < -0.3 is 4.74 Å². The molecule has 2 amide bonds. The molecule has 0 spiro atoms. The predicted molar refractivity (Wildman–Crippen MR) is 49.3 cm³/mol. The minimum atomic E-state index is -1.62. The van der Waals surface area contributed by atoms with Crippen LogP contribution in [0.15, 0.2) is 0 Å². The van der Waals surface area contributed by atoms with E-state index in [-0.39, 0.29) is 0 Å². The maximum Gasteiger partial charge on any atom is 0.264 e. The lowest BCUT2D eigenvalue weighted by Crippen LogP contribution is -2.24. The number of fused-ring (bicyclic) bond motifs is 1. The summed E-state index contributed by atoms with van der Waals surface area (Å²) < 4.78 is 44.8. The molecule has 0 unspecified atom stereocenters. The molecule has 0 atom stereocenters. The Bertz CT molecular complexity index is 556. The number of hydrogen-bond donors (Lipinski definition) is 0. The molecule has 0 aliphatic carbocycles. The number of benzene rings is 1. The van der Waals surface area contributed by atoms with Crippen LogP contribution in [0.2, 0.25) is 0 Å².